The van der Waals surface area contributed by atoms with Crippen LogP contribution >= 0.6 is 0 Å². The van der Waals surface area contributed by atoms with E-state index in [0.29, 0.717) is 17.3 Å². The Hall–Kier alpha value is -0.330. The predicted molar refractivity (Wildman–Crippen MR) is 120 cm³/mol. The molecule has 0 N–H and O–H groups in total. The minimum atomic E-state index is 0.366. The van der Waals surface area contributed by atoms with Crippen LogP contribution in [0.25, 0.3) is 0 Å². The first-order chi connectivity index (χ1) is 13.7. The number of hydrogen-bond donors (Lipinski definition) is 0. The maximum absolute atomic E-state index is 12.6. The maximum atomic E-state index is 12.6. The first-order valence-corrected chi connectivity index (χ1v) is 13.2. The van der Waals surface area contributed by atoms with Crippen LogP contribution in [0.1, 0.15) is 129 Å². The molecule has 0 aromatic carbocycles. The molecule has 0 aromatic rings. The summed E-state index contributed by atoms with van der Waals surface area (Å²) in [6.45, 7) is 4.68. The second kappa shape index (κ2) is 11.2. The monoisotopic (exact) mass is 388 g/mol. The molecular weight excluding hydrogens is 340 g/mol. The predicted octanol–water partition coefficient (Wildman–Crippen LogP) is 8.36. The van der Waals surface area contributed by atoms with Crippen molar-refractivity contribution in [2.24, 2.45) is 35.0 Å². The van der Waals surface area contributed by atoms with Gasteiger partial charge in [-0.25, -0.2) is 0 Å². The molecule has 28 heavy (non-hydrogen) atoms. The molecule has 0 saturated heterocycles. The molecule has 0 heterocycles. The fourth-order valence-electron chi connectivity index (χ4n) is 7.55. The Kier molecular flexibility index (Phi) is 8.92. The molecule has 1 atom stereocenters. The number of hydrogen-bond acceptors (Lipinski definition) is 1. The molecule has 3 rings (SSSR count). The van der Waals surface area contributed by atoms with Crippen LogP contribution in [0, 0.1) is 35.0 Å². The quantitative estimate of drug-likeness (QED) is 0.286. The van der Waals surface area contributed by atoms with E-state index >= 15 is 0 Å². The molecule has 0 amide bonds. The Labute approximate surface area is 175 Å². The molecule has 3 aliphatic carbocycles. The summed E-state index contributed by atoms with van der Waals surface area (Å²) in [5.41, 5.74) is 0.369. The molecule has 3 aliphatic rings. The highest BCUT2D eigenvalue weighted by molar-refractivity contribution is 5.56. The Bertz CT molecular complexity index is 433. The summed E-state index contributed by atoms with van der Waals surface area (Å²) in [4.78, 5) is 12.6. The van der Waals surface area contributed by atoms with E-state index in [2.05, 4.69) is 13.8 Å². The van der Waals surface area contributed by atoms with E-state index in [1.165, 1.54) is 122 Å². The number of rotatable bonds is 9. The molecule has 0 radical (unpaired) electrons. The van der Waals surface area contributed by atoms with E-state index in [4.69, 9.17) is 0 Å². The molecular formula is C27H48O. The molecule has 1 heteroatoms. The molecule has 0 aliphatic heterocycles. The normalized spacial score (nSPS) is 36.1. The zero-order valence-corrected chi connectivity index (χ0v) is 19.1. The van der Waals surface area contributed by atoms with Crippen LogP contribution in [0.3, 0.4) is 0 Å². The summed E-state index contributed by atoms with van der Waals surface area (Å²) >= 11 is 0. The second-order valence-electron chi connectivity index (χ2n) is 10.9. The molecule has 0 spiro atoms. The largest absolute Gasteiger partial charge is 0.303 e. The molecule has 3 saturated carbocycles. The number of unbranched alkanes of at least 4 members (excludes halogenated alkanes) is 2. The van der Waals surface area contributed by atoms with Crippen molar-refractivity contribution >= 4 is 6.29 Å². The van der Waals surface area contributed by atoms with Crippen LogP contribution in [-0.2, 0) is 4.79 Å². The average molecular weight is 389 g/mol. The van der Waals surface area contributed by atoms with Gasteiger partial charge in [0.2, 0.25) is 0 Å². The van der Waals surface area contributed by atoms with Crippen molar-refractivity contribution in [1.82, 2.24) is 0 Å². The third-order valence-corrected chi connectivity index (χ3v) is 9.46. The van der Waals surface area contributed by atoms with Crippen LogP contribution < -0.4 is 0 Å². The summed E-state index contributed by atoms with van der Waals surface area (Å²) in [6, 6.07) is 0. The highest BCUT2D eigenvalue weighted by Gasteiger charge is 2.49. The second-order valence-corrected chi connectivity index (χ2v) is 10.9. The van der Waals surface area contributed by atoms with E-state index in [1.54, 1.807) is 0 Å². The first-order valence-electron chi connectivity index (χ1n) is 13.2. The smallest absolute Gasteiger partial charge is 0.123 e. The number of aldehydes is 1. The lowest BCUT2D eigenvalue weighted by molar-refractivity contribution is -0.125. The standard InChI is InChI=1S/C27H48O/c1-3-5-7-10-23-13-15-24(16-14-23)26(21-28)27(25-11-8-6-9-12-25)19-17-22(4-2)18-20-27/h21-26H,3-20H2,1-2H3. The van der Waals surface area contributed by atoms with Crippen molar-refractivity contribution < 1.29 is 4.79 Å². The highest BCUT2D eigenvalue weighted by Crippen LogP contribution is 2.57. The van der Waals surface area contributed by atoms with E-state index in [-0.39, 0.29) is 0 Å². The van der Waals surface area contributed by atoms with Crippen LogP contribution in [-0.4, -0.2) is 6.29 Å². The van der Waals surface area contributed by atoms with Crippen LogP contribution in [0.15, 0.2) is 0 Å². The van der Waals surface area contributed by atoms with Crippen molar-refractivity contribution in [3.05, 3.63) is 0 Å². The fourth-order valence-corrected chi connectivity index (χ4v) is 7.55. The molecule has 1 nitrogen and oxygen atoms in total. The van der Waals surface area contributed by atoms with Crippen LogP contribution in [0.5, 0.6) is 0 Å². The Morgan fingerprint density at radius 3 is 2.07 bits per heavy atom. The topological polar surface area (TPSA) is 17.1 Å². The van der Waals surface area contributed by atoms with E-state index in [1.807, 2.05) is 0 Å². The molecule has 0 bridgehead atoms. The van der Waals surface area contributed by atoms with Gasteiger partial charge in [0.25, 0.3) is 0 Å². The fraction of sp³-hybridized carbons (Fsp3) is 0.963. The Morgan fingerprint density at radius 2 is 1.50 bits per heavy atom. The van der Waals surface area contributed by atoms with Gasteiger partial charge in [0.15, 0.2) is 0 Å². The summed E-state index contributed by atoms with van der Waals surface area (Å²) in [5.74, 6) is 3.79. The zero-order chi connectivity index (χ0) is 19.8. The lowest BCUT2D eigenvalue weighted by Gasteiger charge is -2.53. The van der Waals surface area contributed by atoms with E-state index in [0.717, 1.165) is 17.8 Å². The summed E-state index contributed by atoms with van der Waals surface area (Å²) in [5, 5.41) is 0. The van der Waals surface area contributed by atoms with E-state index in [9.17, 15) is 4.79 Å². The lowest BCUT2D eigenvalue weighted by atomic mass is 9.51. The highest BCUT2D eigenvalue weighted by atomic mass is 16.1. The average Bonchev–Trinajstić information content (AvgIpc) is 2.76. The van der Waals surface area contributed by atoms with Crippen molar-refractivity contribution in [2.45, 2.75) is 129 Å². The first kappa shape index (κ1) is 22.4. The summed E-state index contributed by atoms with van der Waals surface area (Å²) in [6.07, 6.45) is 26.5. The van der Waals surface area contributed by atoms with Crippen molar-refractivity contribution in [3.8, 4) is 0 Å². The van der Waals surface area contributed by atoms with Crippen molar-refractivity contribution in [3.63, 3.8) is 0 Å². The van der Waals surface area contributed by atoms with Gasteiger partial charge in [-0.3, -0.25) is 0 Å². The van der Waals surface area contributed by atoms with Gasteiger partial charge in [-0.15, -0.1) is 0 Å². The van der Waals surface area contributed by atoms with Crippen molar-refractivity contribution in [1.29, 1.82) is 0 Å². The minimum Gasteiger partial charge on any atom is -0.303 e. The number of carbonyl (C=O) groups excluding carboxylic acids is 1. The maximum Gasteiger partial charge on any atom is 0.123 e. The van der Waals surface area contributed by atoms with Gasteiger partial charge in [-0.2, -0.15) is 0 Å². The summed E-state index contributed by atoms with van der Waals surface area (Å²) < 4.78 is 0. The third kappa shape index (κ3) is 5.23. The molecule has 3 fully saturated rings. The van der Waals surface area contributed by atoms with E-state index < -0.39 is 0 Å². The third-order valence-electron chi connectivity index (χ3n) is 9.46. The van der Waals surface area contributed by atoms with Gasteiger partial charge >= 0.3 is 0 Å². The van der Waals surface area contributed by atoms with Gasteiger partial charge in [-0.05, 0) is 80.5 Å². The van der Waals surface area contributed by atoms with Gasteiger partial charge in [0, 0.05) is 5.92 Å². The Balaban J connectivity index is 1.67. The molecule has 162 valence electrons. The summed E-state index contributed by atoms with van der Waals surface area (Å²) in [7, 11) is 0. The minimum absolute atomic E-state index is 0.366. The van der Waals surface area contributed by atoms with Gasteiger partial charge < -0.3 is 4.79 Å². The SMILES string of the molecule is CCCCCC1CCC(C(C=O)C2(C3CCCCC3)CCC(CC)CC2)CC1. The lowest BCUT2D eigenvalue weighted by Crippen LogP contribution is -2.46. The molecule has 0 aromatic heterocycles. The zero-order valence-electron chi connectivity index (χ0n) is 19.1. The van der Waals surface area contributed by atoms with Gasteiger partial charge in [0.1, 0.15) is 6.29 Å². The van der Waals surface area contributed by atoms with Gasteiger partial charge in [0.05, 0.1) is 0 Å². The number of carbonyl (C=O) groups is 1. The van der Waals surface area contributed by atoms with Crippen LogP contribution in [0.4, 0.5) is 0 Å². The van der Waals surface area contributed by atoms with Gasteiger partial charge in [-0.1, -0.05) is 78.1 Å². The van der Waals surface area contributed by atoms with Crippen LogP contribution in [0.2, 0.25) is 0 Å². The Morgan fingerprint density at radius 1 is 0.821 bits per heavy atom. The van der Waals surface area contributed by atoms with Crippen molar-refractivity contribution in [2.75, 3.05) is 0 Å². The molecule has 1 unspecified atom stereocenters.